The van der Waals surface area contributed by atoms with Crippen molar-refractivity contribution in [3.05, 3.63) is 54.1 Å². The van der Waals surface area contributed by atoms with Gasteiger partial charge >= 0.3 is 0 Å². The highest BCUT2D eigenvalue weighted by molar-refractivity contribution is 6.03. The van der Waals surface area contributed by atoms with E-state index < -0.39 is 0 Å². The third kappa shape index (κ3) is 4.25. The van der Waals surface area contributed by atoms with E-state index in [2.05, 4.69) is 11.6 Å². The Hall–Kier alpha value is -2.67. The molecule has 0 aromatic heterocycles. The van der Waals surface area contributed by atoms with Gasteiger partial charge in [0.2, 0.25) is 5.90 Å². The van der Waals surface area contributed by atoms with Crippen molar-refractivity contribution in [1.29, 1.82) is 5.26 Å². The van der Waals surface area contributed by atoms with Crippen LogP contribution in [0.5, 0.6) is 5.75 Å². The molecule has 0 saturated carbocycles. The van der Waals surface area contributed by atoms with E-state index in [0.29, 0.717) is 16.9 Å². The molecule has 0 fully saturated rings. The zero-order chi connectivity index (χ0) is 14.3. The number of allylic oxidation sites excluding steroid dienone is 2. The first kappa shape index (κ1) is 14.4. The van der Waals surface area contributed by atoms with Crippen LogP contribution < -0.4 is 4.74 Å². The SMILES string of the molecule is C=C/C(=C\C(=NC)Oc1cccc(C#N)c1)C(C)=O. The molecular weight excluding hydrogens is 240 g/mol. The average Bonchev–Trinajstić information content (AvgIpc) is 2.43. The smallest absolute Gasteiger partial charge is 0.215 e. The quantitative estimate of drug-likeness (QED) is 0.359. The Bertz CT molecular complexity index is 592. The maximum atomic E-state index is 11.3. The van der Waals surface area contributed by atoms with Gasteiger partial charge in [-0.25, -0.2) is 0 Å². The molecule has 0 spiro atoms. The number of nitrogens with zero attached hydrogens (tertiary/aromatic N) is 2. The standard InChI is InChI=1S/C15H14N2O2/c1-4-13(11(2)18)9-15(17-3)19-14-7-5-6-12(8-14)10-16/h4-9H,1H2,2-3H3/b13-9+,17-15?. The molecule has 1 rings (SSSR count). The lowest BCUT2D eigenvalue weighted by molar-refractivity contribution is -0.113. The lowest BCUT2D eigenvalue weighted by atomic mass is 10.2. The van der Waals surface area contributed by atoms with Crippen molar-refractivity contribution in [3.8, 4) is 11.8 Å². The molecule has 0 N–H and O–H groups in total. The van der Waals surface area contributed by atoms with Crippen LogP contribution >= 0.6 is 0 Å². The molecule has 1 aromatic carbocycles. The molecule has 0 aliphatic rings. The summed E-state index contributed by atoms with van der Waals surface area (Å²) in [7, 11) is 1.56. The summed E-state index contributed by atoms with van der Waals surface area (Å²) in [6.45, 7) is 5.00. The summed E-state index contributed by atoms with van der Waals surface area (Å²) >= 11 is 0. The van der Waals surface area contributed by atoms with E-state index in [1.165, 1.54) is 19.1 Å². The summed E-state index contributed by atoms with van der Waals surface area (Å²) in [5, 5.41) is 8.80. The van der Waals surface area contributed by atoms with E-state index in [1.54, 1.807) is 31.3 Å². The van der Waals surface area contributed by atoms with Crippen LogP contribution in [0, 0.1) is 11.3 Å². The van der Waals surface area contributed by atoms with Crippen molar-refractivity contribution in [2.45, 2.75) is 6.92 Å². The Morgan fingerprint density at radius 3 is 2.79 bits per heavy atom. The second kappa shape index (κ2) is 6.92. The van der Waals surface area contributed by atoms with E-state index in [9.17, 15) is 4.79 Å². The number of rotatable bonds is 4. The second-order valence-corrected chi connectivity index (χ2v) is 3.66. The van der Waals surface area contributed by atoms with Crippen molar-refractivity contribution < 1.29 is 9.53 Å². The lowest BCUT2D eigenvalue weighted by Crippen LogP contribution is -2.08. The highest BCUT2D eigenvalue weighted by Gasteiger charge is 2.04. The Labute approximate surface area is 112 Å². The van der Waals surface area contributed by atoms with Crippen molar-refractivity contribution in [1.82, 2.24) is 0 Å². The molecule has 4 nitrogen and oxygen atoms in total. The van der Waals surface area contributed by atoms with Gasteiger partial charge in [-0.15, -0.1) is 0 Å². The Kier molecular flexibility index (Phi) is 5.24. The molecule has 0 aliphatic carbocycles. The van der Waals surface area contributed by atoms with Gasteiger partial charge in [-0.1, -0.05) is 18.7 Å². The fraction of sp³-hybridized carbons (Fsp3) is 0.133. The Morgan fingerprint density at radius 1 is 1.53 bits per heavy atom. The zero-order valence-corrected chi connectivity index (χ0v) is 10.9. The molecule has 19 heavy (non-hydrogen) atoms. The van der Waals surface area contributed by atoms with Crippen molar-refractivity contribution in [2.24, 2.45) is 4.99 Å². The second-order valence-electron chi connectivity index (χ2n) is 3.66. The molecule has 1 aromatic rings. The minimum atomic E-state index is -0.120. The first-order chi connectivity index (χ1) is 9.10. The number of nitriles is 1. The molecule has 96 valence electrons. The topological polar surface area (TPSA) is 62.4 Å². The predicted molar refractivity (Wildman–Crippen MR) is 74.1 cm³/mol. The molecule has 0 amide bonds. The predicted octanol–water partition coefficient (Wildman–Crippen LogP) is 2.67. The maximum absolute atomic E-state index is 11.3. The van der Waals surface area contributed by atoms with Gasteiger partial charge in [0.15, 0.2) is 5.78 Å². The summed E-state index contributed by atoms with van der Waals surface area (Å²) in [6, 6.07) is 8.72. The first-order valence-electron chi connectivity index (χ1n) is 5.60. The van der Waals surface area contributed by atoms with Gasteiger partial charge < -0.3 is 4.74 Å². The first-order valence-corrected chi connectivity index (χ1v) is 5.60. The summed E-state index contributed by atoms with van der Waals surface area (Å²) in [4.78, 5) is 15.2. The van der Waals surface area contributed by atoms with Crippen LogP contribution in [0.2, 0.25) is 0 Å². The number of Topliss-reactive ketones (excluding diaryl/α,β-unsaturated/α-hetero) is 1. The zero-order valence-electron chi connectivity index (χ0n) is 10.9. The summed E-state index contributed by atoms with van der Waals surface area (Å²) in [6.07, 6.45) is 2.96. The van der Waals surface area contributed by atoms with Gasteiger partial charge in [0.25, 0.3) is 0 Å². The molecule has 0 saturated heterocycles. The van der Waals surface area contributed by atoms with Crippen molar-refractivity contribution in [3.63, 3.8) is 0 Å². The number of carbonyl (C=O) groups is 1. The molecule has 0 heterocycles. The van der Waals surface area contributed by atoms with Crippen LogP contribution in [0.1, 0.15) is 12.5 Å². The molecular formula is C15H14N2O2. The van der Waals surface area contributed by atoms with Gasteiger partial charge in [0.1, 0.15) is 5.75 Å². The number of aliphatic imine (C=N–C) groups is 1. The number of carbonyl (C=O) groups excluding carboxylic acids is 1. The van der Waals surface area contributed by atoms with E-state index >= 15 is 0 Å². The van der Waals surface area contributed by atoms with Crippen molar-refractivity contribution >= 4 is 11.7 Å². The van der Waals surface area contributed by atoms with E-state index in [-0.39, 0.29) is 11.7 Å². The Balaban J connectivity index is 2.98. The minimum Gasteiger partial charge on any atom is -0.439 e. The molecule has 0 aliphatic heterocycles. The number of hydrogen-bond acceptors (Lipinski definition) is 4. The van der Waals surface area contributed by atoms with Gasteiger partial charge in [-0.05, 0) is 25.1 Å². The summed E-state index contributed by atoms with van der Waals surface area (Å²) in [5.74, 6) is 0.647. The normalized spacial score (nSPS) is 11.6. The van der Waals surface area contributed by atoms with E-state index in [4.69, 9.17) is 10.00 Å². The van der Waals surface area contributed by atoms with Gasteiger partial charge in [0, 0.05) is 18.7 Å². The maximum Gasteiger partial charge on any atom is 0.215 e. The van der Waals surface area contributed by atoms with Crippen LogP contribution in [-0.2, 0) is 4.79 Å². The number of benzene rings is 1. The van der Waals surface area contributed by atoms with E-state index in [1.807, 2.05) is 6.07 Å². The van der Waals surface area contributed by atoms with Crippen LogP contribution in [0.3, 0.4) is 0 Å². The van der Waals surface area contributed by atoms with Crippen molar-refractivity contribution in [2.75, 3.05) is 7.05 Å². The van der Waals surface area contributed by atoms with Crippen LogP contribution in [0.15, 0.2) is 53.6 Å². The fourth-order valence-corrected chi connectivity index (χ4v) is 1.33. The molecule has 0 unspecified atom stereocenters. The third-order valence-corrected chi connectivity index (χ3v) is 2.31. The summed E-state index contributed by atoms with van der Waals surface area (Å²) < 4.78 is 5.51. The van der Waals surface area contributed by atoms with Crippen LogP contribution in [0.25, 0.3) is 0 Å². The number of ether oxygens (including phenoxy) is 1. The molecule has 0 atom stereocenters. The minimum absolute atomic E-state index is 0.120. The molecule has 0 radical (unpaired) electrons. The molecule has 4 heteroatoms. The lowest BCUT2D eigenvalue weighted by Gasteiger charge is -2.06. The monoisotopic (exact) mass is 254 g/mol. The van der Waals surface area contributed by atoms with E-state index in [0.717, 1.165) is 0 Å². The van der Waals surface area contributed by atoms with Gasteiger partial charge in [0.05, 0.1) is 11.6 Å². The fourth-order valence-electron chi connectivity index (χ4n) is 1.33. The average molecular weight is 254 g/mol. The summed E-state index contributed by atoms with van der Waals surface area (Å²) in [5.41, 5.74) is 0.907. The van der Waals surface area contributed by atoms with Gasteiger partial charge in [-0.3, -0.25) is 9.79 Å². The van der Waals surface area contributed by atoms with Crippen LogP contribution in [0.4, 0.5) is 0 Å². The number of hydrogen-bond donors (Lipinski definition) is 0. The largest absolute Gasteiger partial charge is 0.439 e. The molecule has 0 bridgehead atoms. The van der Waals surface area contributed by atoms with Crippen LogP contribution in [-0.4, -0.2) is 18.7 Å². The highest BCUT2D eigenvalue weighted by Crippen LogP contribution is 2.13. The number of ketones is 1. The highest BCUT2D eigenvalue weighted by atomic mass is 16.5. The Morgan fingerprint density at radius 2 is 2.26 bits per heavy atom. The third-order valence-electron chi connectivity index (χ3n) is 2.31. The van der Waals surface area contributed by atoms with Gasteiger partial charge in [-0.2, -0.15) is 5.26 Å².